The molecule has 0 radical (unpaired) electrons. The zero-order chi connectivity index (χ0) is 9.40. The zero-order valence-corrected chi connectivity index (χ0v) is 8.08. The average molecular weight is 169 g/mol. The quantitative estimate of drug-likeness (QED) is 0.487. The van der Waals surface area contributed by atoms with Gasteiger partial charge in [0.25, 0.3) is 0 Å². The molecule has 0 rings (SSSR count). The molecule has 0 amide bonds. The summed E-state index contributed by atoms with van der Waals surface area (Å²) in [6.45, 7) is 8.55. The Labute approximate surface area is 74.9 Å². The van der Waals surface area contributed by atoms with E-state index in [9.17, 15) is 0 Å². The summed E-state index contributed by atoms with van der Waals surface area (Å²) >= 11 is 0. The van der Waals surface area contributed by atoms with Crippen LogP contribution in [0.4, 0.5) is 0 Å². The molecule has 0 aromatic rings. The van der Waals surface area contributed by atoms with Crippen LogP contribution in [0.1, 0.15) is 33.1 Å². The fourth-order valence-electron chi connectivity index (χ4n) is 0.950. The molecule has 0 saturated heterocycles. The van der Waals surface area contributed by atoms with Crippen molar-refractivity contribution < 1.29 is 0 Å². The number of hydrazone groups is 1. The first-order valence-corrected chi connectivity index (χ1v) is 4.44. The molecule has 12 heavy (non-hydrogen) atoms. The summed E-state index contributed by atoms with van der Waals surface area (Å²) in [5.74, 6) is 0. The van der Waals surface area contributed by atoms with Gasteiger partial charge in [0.1, 0.15) is 0 Å². The van der Waals surface area contributed by atoms with Crippen molar-refractivity contribution >= 4 is 6.72 Å². The Kier molecular flexibility index (Phi) is 6.15. The minimum atomic E-state index is 0.873. The summed E-state index contributed by atoms with van der Waals surface area (Å²) in [6, 6.07) is 0. The lowest BCUT2D eigenvalue weighted by Crippen LogP contribution is -2.13. The van der Waals surface area contributed by atoms with Crippen molar-refractivity contribution in [2.45, 2.75) is 33.1 Å². The van der Waals surface area contributed by atoms with Gasteiger partial charge in [0, 0.05) is 25.2 Å². The highest BCUT2D eigenvalue weighted by atomic mass is 15.4. The second kappa shape index (κ2) is 6.70. The third kappa shape index (κ3) is 4.77. The summed E-state index contributed by atoms with van der Waals surface area (Å²) in [5.41, 5.74) is 6.60. The van der Waals surface area contributed by atoms with Gasteiger partial charge in [-0.3, -0.25) is 5.01 Å². The van der Waals surface area contributed by atoms with Crippen molar-refractivity contribution in [3.8, 4) is 0 Å². The highest BCUT2D eigenvalue weighted by Gasteiger charge is 1.94. The van der Waals surface area contributed by atoms with E-state index in [1.165, 1.54) is 0 Å². The monoisotopic (exact) mass is 169 g/mol. The van der Waals surface area contributed by atoms with Crippen LogP contribution in [0.3, 0.4) is 0 Å². The van der Waals surface area contributed by atoms with E-state index in [1.807, 2.05) is 6.20 Å². The zero-order valence-electron chi connectivity index (χ0n) is 8.08. The fraction of sp³-hybridized carbons (Fsp3) is 0.667. The Bertz CT molecular complexity index is 152. The van der Waals surface area contributed by atoms with Gasteiger partial charge in [-0.15, -0.1) is 0 Å². The second-order valence-corrected chi connectivity index (χ2v) is 2.76. The topological polar surface area (TPSA) is 41.6 Å². The molecule has 0 aliphatic carbocycles. The minimum absolute atomic E-state index is 0.873. The molecule has 0 unspecified atom stereocenters. The fourth-order valence-corrected chi connectivity index (χ4v) is 0.950. The lowest BCUT2D eigenvalue weighted by Gasteiger charge is -2.13. The van der Waals surface area contributed by atoms with Gasteiger partial charge < -0.3 is 5.73 Å². The van der Waals surface area contributed by atoms with Crippen LogP contribution >= 0.6 is 0 Å². The Balaban J connectivity index is 3.95. The highest BCUT2D eigenvalue weighted by molar-refractivity contribution is 5.23. The van der Waals surface area contributed by atoms with E-state index in [0.29, 0.717) is 0 Å². The van der Waals surface area contributed by atoms with Crippen LogP contribution in [0.2, 0.25) is 0 Å². The lowest BCUT2D eigenvalue weighted by atomic mass is 10.3. The van der Waals surface area contributed by atoms with Crippen molar-refractivity contribution in [3.05, 3.63) is 11.9 Å². The van der Waals surface area contributed by atoms with Crippen molar-refractivity contribution in [1.82, 2.24) is 5.01 Å². The van der Waals surface area contributed by atoms with Crippen molar-refractivity contribution in [3.63, 3.8) is 0 Å². The van der Waals surface area contributed by atoms with Crippen LogP contribution in [-0.2, 0) is 0 Å². The smallest absolute Gasteiger partial charge is 0.0419 e. The Morgan fingerprint density at radius 2 is 2.17 bits per heavy atom. The van der Waals surface area contributed by atoms with Crippen LogP contribution in [0.25, 0.3) is 0 Å². The summed E-state index contributed by atoms with van der Waals surface area (Å²) in [6.07, 6.45) is 4.91. The SMILES string of the molecule is C=NN(/C=C(\N)CCC)CCC. The van der Waals surface area contributed by atoms with Gasteiger partial charge in [0.2, 0.25) is 0 Å². The molecular formula is C9H19N3. The molecule has 0 bridgehead atoms. The normalized spacial score (nSPS) is 11.3. The number of nitrogens with two attached hydrogens (primary N) is 1. The molecule has 0 aromatic heterocycles. The maximum Gasteiger partial charge on any atom is 0.0419 e. The predicted molar refractivity (Wildman–Crippen MR) is 53.7 cm³/mol. The molecule has 3 heteroatoms. The van der Waals surface area contributed by atoms with Crippen LogP contribution in [-0.4, -0.2) is 18.3 Å². The Morgan fingerprint density at radius 1 is 1.50 bits per heavy atom. The first kappa shape index (κ1) is 11.0. The second-order valence-electron chi connectivity index (χ2n) is 2.76. The number of rotatable bonds is 6. The maximum absolute atomic E-state index is 5.72. The molecule has 3 nitrogen and oxygen atoms in total. The van der Waals surface area contributed by atoms with Gasteiger partial charge in [-0.05, 0) is 12.8 Å². The van der Waals surface area contributed by atoms with Gasteiger partial charge in [-0.1, -0.05) is 20.3 Å². The van der Waals surface area contributed by atoms with Crippen LogP contribution in [0, 0.1) is 0 Å². The van der Waals surface area contributed by atoms with Crippen molar-refractivity contribution in [1.29, 1.82) is 0 Å². The summed E-state index contributed by atoms with van der Waals surface area (Å²) in [7, 11) is 0. The highest BCUT2D eigenvalue weighted by Crippen LogP contribution is 2.00. The lowest BCUT2D eigenvalue weighted by molar-refractivity contribution is 0.397. The standard InChI is InChI=1S/C9H19N3/c1-4-6-9(10)8-12(11-3)7-5-2/h8H,3-7,10H2,1-2H3/b9-8-. The molecule has 0 heterocycles. The molecule has 0 saturated carbocycles. The van der Waals surface area contributed by atoms with E-state index in [1.54, 1.807) is 5.01 Å². The van der Waals surface area contributed by atoms with E-state index in [2.05, 4.69) is 25.7 Å². The van der Waals surface area contributed by atoms with Gasteiger partial charge in [-0.2, -0.15) is 5.10 Å². The van der Waals surface area contributed by atoms with E-state index >= 15 is 0 Å². The minimum Gasteiger partial charge on any atom is -0.401 e. The molecule has 2 N–H and O–H groups in total. The maximum atomic E-state index is 5.72. The first-order valence-electron chi connectivity index (χ1n) is 4.44. The average Bonchev–Trinajstić information content (AvgIpc) is 2.04. The molecule has 0 aliphatic heterocycles. The Morgan fingerprint density at radius 3 is 2.58 bits per heavy atom. The van der Waals surface area contributed by atoms with Crippen molar-refractivity contribution in [2.24, 2.45) is 10.8 Å². The summed E-state index contributed by atoms with van der Waals surface area (Å²) in [4.78, 5) is 0. The van der Waals surface area contributed by atoms with Crippen molar-refractivity contribution in [2.75, 3.05) is 6.54 Å². The molecule has 0 fully saturated rings. The molecule has 0 aliphatic rings. The predicted octanol–water partition coefficient (Wildman–Crippen LogP) is 1.91. The number of hydrogen-bond acceptors (Lipinski definition) is 3. The molecule has 0 atom stereocenters. The van der Waals surface area contributed by atoms with E-state index in [4.69, 9.17) is 5.73 Å². The molecule has 0 aromatic carbocycles. The Hall–Kier alpha value is -0.990. The molecule has 0 spiro atoms. The van der Waals surface area contributed by atoms with Gasteiger partial charge in [-0.25, -0.2) is 0 Å². The van der Waals surface area contributed by atoms with E-state index in [0.717, 1.165) is 31.5 Å². The summed E-state index contributed by atoms with van der Waals surface area (Å²) < 4.78 is 0. The van der Waals surface area contributed by atoms with Crippen LogP contribution in [0.15, 0.2) is 17.0 Å². The third-order valence-corrected chi connectivity index (χ3v) is 1.49. The largest absolute Gasteiger partial charge is 0.401 e. The number of hydrogen-bond donors (Lipinski definition) is 1. The van der Waals surface area contributed by atoms with E-state index < -0.39 is 0 Å². The number of nitrogens with zero attached hydrogens (tertiary/aromatic N) is 2. The van der Waals surface area contributed by atoms with Crippen LogP contribution < -0.4 is 5.73 Å². The van der Waals surface area contributed by atoms with Gasteiger partial charge >= 0.3 is 0 Å². The molecular weight excluding hydrogens is 150 g/mol. The van der Waals surface area contributed by atoms with E-state index in [-0.39, 0.29) is 0 Å². The third-order valence-electron chi connectivity index (χ3n) is 1.49. The first-order chi connectivity index (χ1) is 5.74. The van der Waals surface area contributed by atoms with Gasteiger partial charge in [0.05, 0.1) is 0 Å². The molecule has 70 valence electrons. The summed E-state index contributed by atoms with van der Waals surface area (Å²) in [5, 5.41) is 5.61. The van der Waals surface area contributed by atoms with Crippen LogP contribution in [0.5, 0.6) is 0 Å². The number of allylic oxidation sites excluding steroid dienone is 1. The van der Waals surface area contributed by atoms with Gasteiger partial charge in [0.15, 0.2) is 0 Å².